The maximum absolute atomic E-state index is 9.62. The van der Waals surface area contributed by atoms with Gasteiger partial charge in [-0.2, -0.15) is 0 Å². The van der Waals surface area contributed by atoms with Crippen LogP contribution in [-0.2, 0) is 0 Å². The highest BCUT2D eigenvalue weighted by molar-refractivity contribution is 5.84. The summed E-state index contributed by atoms with van der Waals surface area (Å²) in [5, 5.41) is 13.9. The maximum atomic E-state index is 9.62. The third-order valence-electron chi connectivity index (χ3n) is 3.76. The molecule has 5 N–H and O–H groups in total. The third-order valence-corrected chi connectivity index (χ3v) is 3.76. The van der Waals surface area contributed by atoms with E-state index in [9.17, 15) is 5.11 Å². The van der Waals surface area contributed by atoms with Crippen LogP contribution in [0.5, 0.6) is 5.75 Å². The fourth-order valence-electron chi connectivity index (χ4n) is 2.56. The van der Waals surface area contributed by atoms with Crippen LogP contribution in [0.1, 0.15) is 0 Å². The number of phenols is 1. The first-order valence-corrected chi connectivity index (χ1v) is 7.45. The molecule has 0 aliphatic heterocycles. The monoisotopic (exact) mass is 317 g/mol. The Kier molecular flexibility index (Phi) is 3.28. The molecule has 2 heterocycles. The van der Waals surface area contributed by atoms with Gasteiger partial charge in [0.15, 0.2) is 11.6 Å². The largest absolute Gasteiger partial charge is 0.508 e. The highest BCUT2D eigenvalue weighted by Crippen LogP contribution is 2.27. The van der Waals surface area contributed by atoms with Crippen LogP contribution in [0.3, 0.4) is 0 Å². The number of fused-ring (bicyclic) bond motifs is 1. The van der Waals surface area contributed by atoms with Crippen molar-refractivity contribution in [2.75, 3.05) is 11.1 Å². The smallest absolute Gasteiger partial charge is 0.173 e. The van der Waals surface area contributed by atoms with Crippen LogP contribution in [0.2, 0.25) is 0 Å². The van der Waals surface area contributed by atoms with Gasteiger partial charge in [0.25, 0.3) is 0 Å². The number of aromatic amines is 1. The average molecular weight is 317 g/mol. The Morgan fingerprint density at radius 3 is 2.88 bits per heavy atom. The predicted octanol–water partition coefficient (Wildman–Crippen LogP) is 3.66. The van der Waals surface area contributed by atoms with E-state index in [0.29, 0.717) is 17.3 Å². The number of anilines is 3. The van der Waals surface area contributed by atoms with E-state index in [4.69, 9.17) is 5.73 Å². The number of rotatable bonds is 3. The van der Waals surface area contributed by atoms with E-state index in [1.54, 1.807) is 24.4 Å². The lowest BCUT2D eigenvalue weighted by atomic mass is 10.1. The molecule has 0 spiro atoms. The summed E-state index contributed by atoms with van der Waals surface area (Å²) in [4.78, 5) is 11.9. The second kappa shape index (κ2) is 5.58. The minimum absolute atomic E-state index is 0.179. The molecule has 2 aromatic carbocycles. The summed E-state index contributed by atoms with van der Waals surface area (Å²) in [6.07, 6.45) is 3.48. The van der Waals surface area contributed by atoms with E-state index in [2.05, 4.69) is 20.3 Å². The molecule has 0 amide bonds. The molecule has 0 fully saturated rings. The van der Waals surface area contributed by atoms with Gasteiger partial charge in [0.2, 0.25) is 0 Å². The Morgan fingerprint density at radius 2 is 2.00 bits per heavy atom. The summed E-state index contributed by atoms with van der Waals surface area (Å²) in [6, 6.07) is 14.8. The lowest BCUT2D eigenvalue weighted by molar-refractivity contribution is 0.475. The molecule has 0 unspecified atom stereocenters. The van der Waals surface area contributed by atoms with Crippen LogP contribution >= 0.6 is 0 Å². The Hall–Kier alpha value is -3.54. The van der Waals surface area contributed by atoms with Crippen LogP contribution in [0.25, 0.3) is 22.2 Å². The first kappa shape index (κ1) is 14.1. The van der Waals surface area contributed by atoms with Crippen LogP contribution in [0, 0.1) is 0 Å². The lowest BCUT2D eigenvalue weighted by Crippen LogP contribution is -2.02. The van der Waals surface area contributed by atoms with Crippen LogP contribution < -0.4 is 11.1 Å². The average Bonchev–Trinajstić information content (AvgIpc) is 3.04. The number of benzene rings is 2. The molecule has 0 saturated carbocycles. The van der Waals surface area contributed by atoms with Crippen molar-refractivity contribution in [3.8, 4) is 17.0 Å². The van der Waals surface area contributed by atoms with Crippen molar-refractivity contribution in [3.63, 3.8) is 0 Å². The zero-order chi connectivity index (χ0) is 16.5. The van der Waals surface area contributed by atoms with Crippen molar-refractivity contribution < 1.29 is 5.11 Å². The highest BCUT2D eigenvalue weighted by Gasteiger charge is 2.08. The molecule has 0 aliphatic carbocycles. The predicted molar refractivity (Wildman–Crippen MR) is 95.1 cm³/mol. The van der Waals surface area contributed by atoms with Crippen LogP contribution in [-0.4, -0.2) is 20.1 Å². The number of nitrogens with one attached hydrogen (secondary N) is 2. The van der Waals surface area contributed by atoms with Crippen molar-refractivity contribution in [2.45, 2.75) is 0 Å². The molecule has 0 atom stereocenters. The van der Waals surface area contributed by atoms with Crippen molar-refractivity contribution >= 4 is 28.2 Å². The Labute approximate surface area is 138 Å². The standard InChI is InChI=1S/C18H15N5O/c19-17-18(22-13-4-5-15-12(8-13)6-7-20-15)23-16(10-21-17)11-2-1-3-14(24)9-11/h1-10,20,24H,(H2,19,21)(H,22,23). The van der Waals surface area contributed by atoms with E-state index < -0.39 is 0 Å². The van der Waals surface area contributed by atoms with Gasteiger partial charge >= 0.3 is 0 Å². The quantitative estimate of drug-likeness (QED) is 0.462. The molecule has 0 saturated heterocycles. The van der Waals surface area contributed by atoms with Gasteiger partial charge in [-0.15, -0.1) is 0 Å². The molecule has 2 aromatic heterocycles. The summed E-state index contributed by atoms with van der Waals surface area (Å²) in [5.74, 6) is 0.970. The summed E-state index contributed by atoms with van der Waals surface area (Å²) in [7, 11) is 0. The molecule has 118 valence electrons. The summed E-state index contributed by atoms with van der Waals surface area (Å²) in [6.45, 7) is 0. The number of hydrogen-bond donors (Lipinski definition) is 4. The van der Waals surface area contributed by atoms with Gasteiger partial charge < -0.3 is 21.1 Å². The van der Waals surface area contributed by atoms with Gasteiger partial charge in [0, 0.05) is 28.4 Å². The minimum Gasteiger partial charge on any atom is -0.508 e. The molecular formula is C18H15N5O. The maximum Gasteiger partial charge on any atom is 0.173 e. The molecule has 0 bridgehead atoms. The number of nitrogens with zero attached hydrogens (tertiary/aromatic N) is 2. The summed E-state index contributed by atoms with van der Waals surface area (Å²) < 4.78 is 0. The van der Waals surface area contributed by atoms with Crippen molar-refractivity contribution in [3.05, 3.63) is 60.9 Å². The molecule has 6 nitrogen and oxygen atoms in total. The molecule has 4 rings (SSSR count). The third kappa shape index (κ3) is 2.61. The molecule has 24 heavy (non-hydrogen) atoms. The number of aromatic hydroxyl groups is 1. The van der Waals surface area contributed by atoms with Gasteiger partial charge in [-0.1, -0.05) is 12.1 Å². The van der Waals surface area contributed by atoms with Gasteiger partial charge in [-0.3, -0.25) is 0 Å². The zero-order valence-electron chi connectivity index (χ0n) is 12.7. The van der Waals surface area contributed by atoms with E-state index in [-0.39, 0.29) is 5.75 Å². The van der Waals surface area contributed by atoms with Gasteiger partial charge in [0.1, 0.15) is 5.75 Å². The van der Waals surface area contributed by atoms with E-state index in [1.807, 2.05) is 36.5 Å². The molecular weight excluding hydrogens is 302 g/mol. The number of aromatic nitrogens is 3. The number of hydrogen-bond acceptors (Lipinski definition) is 5. The molecule has 0 aliphatic rings. The van der Waals surface area contributed by atoms with Gasteiger partial charge in [-0.05, 0) is 36.4 Å². The first-order valence-electron chi connectivity index (χ1n) is 7.45. The lowest BCUT2D eigenvalue weighted by Gasteiger charge is -2.10. The van der Waals surface area contributed by atoms with Gasteiger partial charge in [-0.25, -0.2) is 9.97 Å². The summed E-state index contributed by atoms with van der Waals surface area (Å²) >= 11 is 0. The fourth-order valence-corrected chi connectivity index (χ4v) is 2.56. The Bertz CT molecular complexity index is 1020. The van der Waals surface area contributed by atoms with E-state index >= 15 is 0 Å². The van der Waals surface area contributed by atoms with E-state index in [1.165, 1.54) is 0 Å². The molecule has 6 heteroatoms. The Morgan fingerprint density at radius 1 is 1.08 bits per heavy atom. The topological polar surface area (TPSA) is 99.8 Å². The van der Waals surface area contributed by atoms with Crippen LogP contribution in [0.4, 0.5) is 17.3 Å². The zero-order valence-corrected chi connectivity index (χ0v) is 12.7. The molecule has 0 radical (unpaired) electrons. The molecule has 4 aromatic rings. The number of phenolic OH excluding ortho intramolecular Hbond substituents is 1. The first-order chi connectivity index (χ1) is 11.7. The van der Waals surface area contributed by atoms with Crippen molar-refractivity contribution in [1.29, 1.82) is 0 Å². The SMILES string of the molecule is Nc1ncc(-c2cccc(O)c2)nc1Nc1ccc2[nH]ccc2c1. The number of H-pyrrole nitrogens is 1. The number of nitrogen functional groups attached to an aromatic ring is 1. The normalized spacial score (nSPS) is 10.8. The fraction of sp³-hybridized carbons (Fsp3) is 0. The minimum atomic E-state index is 0.179. The van der Waals surface area contributed by atoms with Crippen LogP contribution in [0.15, 0.2) is 60.9 Å². The van der Waals surface area contributed by atoms with Crippen molar-refractivity contribution in [2.24, 2.45) is 0 Å². The van der Waals surface area contributed by atoms with Crippen molar-refractivity contribution in [1.82, 2.24) is 15.0 Å². The number of nitrogens with two attached hydrogens (primary N) is 1. The Balaban J connectivity index is 1.70. The highest BCUT2D eigenvalue weighted by atomic mass is 16.3. The second-order valence-corrected chi connectivity index (χ2v) is 5.44. The van der Waals surface area contributed by atoms with Gasteiger partial charge in [0.05, 0.1) is 11.9 Å². The van der Waals surface area contributed by atoms with E-state index in [0.717, 1.165) is 22.2 Å². The summed E-state index contributed by atoms with van der Waals surface area (Å²) in [5.41, 5.74) is 9.28. The second-order valence-electron chi connectivity index (χ2n) is 5.44.